The number of urea groups is 1. The minimum absolute atomic E-state index is 0.317. The number of carbonyl (C=O) groups excluding carboxylic acids is 1. The van der Waals surface area contributed by atoms with Crippen LogP contribution in [0.4, 0.5) is 10.5 Å². The van der Waals surface area contributed by atoms with Gasteiger partial charge >= 0.3 is 6.03 Å². The summed E-state index contributed by atoms with van der Waals surface area (Å²) in [4.78, 5) is 12.3. The fourth-order valence-corrected chi connectivity index (χ4v) is 3.56. The highest BCUT2D eigenvalue weighted by molar-refractivity contribution is 6.43. The molecule has 0 bridgehead atoms. The van der Waals surface area contributed by atoms with E-state index in [1.54, 1.807) is 18.2 Å². The number of nitrogens with one attached hydrogen (secondary N) is 2. The second-order valence-electron chi connectivity index (χ2n) is 5.93. The molecule has 2 amide bonds. The van der Waals surface area contributed by atoms with Crippen LogP contribution < -0.4 is 20.1 Å². The van der Waals surface area contributed by atoms with Crippen LogP contribution in [0, 0.1) is 0 Å². The smallest absolute Gasteiger partial charge is 0.319 e. The van der Waals surface area contributed by atoms with Crippen LogP contribution in [0.5, 0.6) is 11.5 Å². The van der Waals surface area contributed by atoms with Gasteiger partial charge in [0.2, 0.25) is 0 Å². The quantitative estimate of drug-likeness (QED) is 0.841. The zero-order chi connectivity index (χ0) is 17.4. The predicted molar refractivity (Wildman–Crippen MR) is 97.2 cm³/mol. The summed E-state index contributed by atoms with van der Waals surface area (Å²) in [6, 6.07) is 6.79. The molecular weight excluding hydrogens is 363 g/mol. The lowest BCUT2D eigenvalue weighted by Crippen LogP contribution is -2.28. The summed E-state index contributed by atoms with van der Waals surface area (Å²) in [7, 11) is 0. The number of rotatable bonds is 3. The van der Waals surface area contributed by atoms with E-state index >= 15 is 0 Å². The van der Waals surface area contributed by atoms with Crippen molar-refractivity contribution in [2.24, 2.45) is 0 Å². The highest BCUT2D eigenvalue weighted by atomic mass is 35.5. The molecule has 0 atom stereocenters. The van der Waals surface area contributed by atoms with E-state index in [2.05, 4.69) is 16.7 Å². The van der Waals surface area contributed by atoms with Crippen LogP contribution in [0.1, 0.15) is 16.7 Å². The first-order valence-corrected chi connectivity index (χ1v) is 8.81. The first kappa shape index (κ1) is 16.4. The van der Waals surface area contributed by atoms with E-state index in [1.807, 2.05) is 0 Å². The maximum absolute atomic E-state index is 12.3. The highest BCUT2D eigenvalue weighted by Gasteiger charge is 2.26. The topological polar surface area (TPSA) is 59.6 Å². The molecule has 7 heteroatoms. The first-order valence-electron chi connectivity index (χ1n) is 8.05. The number of hydrogen-bond donors (Lipinski definition) is 2. The number of hydrogen-bond acceptors (Lipinski definition) is 3. The van der Waals surface area contributed by atoms with Crippen LogP contribution in [0.2, 0.25) is 10.0 Å². The number of halogens is 2. The molecule has 0 aromatic heterocycles. The van der Waals surface area contributed by atoms with Crippen LogP contribution >= 0.6 is 23.2 Å². The third-order valence-corrected chi connectivity index (χ3v) is 5.20. The molecule has 2 aliphatic rings. The standard InChI is InChI=1S/C18H16Cl2N2O3/c19-13-2-1-3-14(16(13)20)22-18(23)21-9-12-11-5-7-24-15(11)8-10-4-6-25-17(10)12/h1-3,8H,4-7,9H2,(H2,21,22,23). The molecule has 2 heterocycles. The Hall–Kier alpha value is -2.11. The Morgan fingerprint density at radius 1 is 1.16 bits per heavy atom. The van der Waals surface area contributed by atoms with Crippen molar-refractivity contribution < 1.29 is 14.3 Å². The Bertz CT molecular complexity index is 822. The molecular formula is C18H16Cl2N2O3. The SMILES string of the molecule is O=C(NCc1c2c(cc3c1OCC3)OCC2)Nc1cccc(Cl)c1Cl. The van der Waals surface area contributed by atoms with Gasteiger partial charge in [-0.25, -0.2) is 4.79 Å². The van der Waals surface area contributed by atoms with Gasteiger partial charge in [0, 0.05) is 36.1 Å². The fraction of sp³-hybridized carbons (Fsp3) is 0.278. The van der Waals surface area contributed by atoms with Gasteiger partial charge in [0.05, 0.1) is 28.9 Å². The number of ether oxygens (including phenoxy) is 2. The maximum atomic E-state index is 12.3. The summed E-state index contributed by atoms with van der Waals surface area (Å²) < 4.78 is 11.5. The molecule has 5 nitrogen and oxygen atoms in total. The fourth-order valence-electron chi connectivity index (χ4n) is 3.21. The summed E-state index contributed by atoms with van der Waals surface area (Å²) >= 11 is 12.1. The molecule has 2 aliphatic heterocycles. The monoisotopic (exact) mass is 378 g/mol. The van der Waals surface area contributed by atoms with Gasteiger partial charge in [0.25, 0.3) is 0 Å². The summed E-state index contributed by atoms with van der Waals surface area (Å²) in [6.07, 6.45) is 1.69. The van der Waals surface area contributed by atoms with Crippen LogP contribution in [-0.2, 0) is 19.4 Å². The van der Waals surface area contributed by atoms with Crippen LogP contribution in [0.25, 0.3) is 0 Å². The van der Waals surface area contributed by atoms with Crippen molar-refractivity contribution in [1.82, 2.24) is 5.32 Å². The number of anilines is 1. The minimum atomic E-state index is -0.354. The van der Waals surface area contributed by atoms with Crippen LogP contribution in [0.3, 0.4) is 0 Å². The molecule has 130 valence electrons. The Balaban J connectivity index is 1.50. The second-order valence-corrected chi connectivity index (χ2v) is 6.71. The van der Waals surface area contributed by atoms with E-state index in [4.69, 9.17) is 32.7 Å². The third kappa shape index (κ3) is 3.10. The molecule has 2 N–H and O–H groups in total. The van der Waals surface area contributed by atoms with Crippen molar-refractivity contribution in [3.8, 4) is 11.5 Å². The maximum Gasteiger partial charge on any atom is 0.319 e. The Morgan fingerprint density at radius 2 is 2.00 bits per heavy atom. The number of fused-ring (bicyclic) bond motifs is 2. The number of amides is 2. The zero-order valence-corrected chi connectivity index (χ0v) is 14.8. The number of benzene rings is 2. The highest BCUT2D eigenvalue weighted by Crippen LogP contribution is 2.40. The molecule has 0 radical (unpaired) electrons. The Labute approximate surface area is 155 Å². The molecule has 0 spiro atoms. The Morgan fingerprint density at radius 3 is 2.88 bits per heavy atom. The normalized spacial score (nSPS) is 14.3. The van der Waals surface area contributed by atoms with Gasteiger partial charge in [0.1, 0.15) is 11.5 Å². The van der Waals surface area contributed by atoms with E-state index in [1.165, 1.54) is 0 Å². The Kier molecular flexibility index (Phi) is 4.36. The number of carbonyl (C=O) groups is 1. The van der Waals surface area contributed by atoms with Crippen molar-refractivity contribution in [1.29, 1.82) is 0 Å². The summed E-state index contributed by atoms with van der Waals surface area (Å²) in [5, 5.41) is 6.29. The van der Waals surface area contributed by atoms with Gasteiger partial charge in [-0.1, -0.05) is 29.3 Å². The summed E-state index contributed by atoms with van der Waals surface area (Å²) in [5.41, 5.74) is 3.71. The van der Waals surface area contributed by atoms with E-state index in [0.29, 0.717) is 35.5 Å². The van der Waals surface area contributed by atoms with Crippen LogP contribution in [0.15, 0.2) is 24.3 Å². The molecule has 0 aliphatic carbocycles. The molecule has 2 aromatic rings. The molecule has 2 aromatic carbocycles. The van der Waals surface area contributed by atoms with Crippen molar-refractivity contribution in [2.45, 2.75) is 19.4 Å². The lowest BCUT2D eigenvalue weighted by Gasteiger charge is -2.14. The first-order chi connectivity index (χ1) is 12.1. The van der Waals surface area contributed by atoms with Gasteiger partial charge in [-0.3, -0.25) is 0 Å². The lowest BCUT2D eigenvalue weighted by molar-refractivity contribution is 0.251. The van der Waals surface area contributed by atoms with Crippen molar-refractivity contribution in [3.05, 3.63) is 51.0 Å². The molecule has 0 saturated carbocycles. The van der Waals surface area contributed by atoms with E-state index < -0.39 is 0 Å². The van der Waals surface area contributed by atoms with Crippen LogP contribution in [-0.4, -0.2) is 19.2 Å². The molecule has 0 saturated heterocycles. The average Bonchev–Trinajstić information content (AvgIpc) is 3.24. The van der Waals surface area contributed by atoms with Crippen molar-refractivity contribution in [3.63, 3.8) is 0 Å². The third-order valence-electron chi connectivity index (χ3n) is 4.39. The summed E-state index contributed by atoms with van der Waals surface area (Å²) in [5.74, 6) is 1.78. The van der Waals surface area contributed by atoms with E-state index in [0.717, 1.165) is 41.0 Å². The molecule has 4 rings (SSSR count). The molecule has 25 heavy (non-hydrogen) atoms. The van der Waals surface area contributed by atoms with Crippen molar-refractivity contribution >= 4 is 34.9 Å². The van der Waals surface area contributed by atoms with Gasteiger partial charge in [-0.05, 0) is 18.2 Å². The van der Waals surface area contributed by atoms with E-state index in [-0.39, 0.29) is 6.03 Å². The van der Waals surface area contributed by atoms with Gasteiger partial charge in [0.15, 0.2) is 0 Å². The van der Waals surface area contributed by atoms with Gasteiger partial charge in [-0.2, -0.15) is 0 Å². The van der Waals surface area contributed by atoms with Crippen molar-refractivity contribution in [2.75, 3.05) is 18.5 Å². The summed E-state index contributed by atoms with van der Waals surface area (Å²) in [6.45, 7) is 1.68. The average molecular weight is 379 g/mol. The molecule has 0 fully saturated rings. The predicted octanol–water partition coefficient (Wildman–Crippen LogP) is 4.18. The molecule has 0 unspecified atom stereocenters. The zero-order valence-electron chi connectivity index (χ0n) is 13.3. The largest absolute Gasteiger partial charge is 0.493 e. The van der Waals surface area contributed by atoms with Gasteiger partial charge < -0.3 is 20.1 Å². The minimum Gasteiger partial charge on any atom is -0.493 e. The van der Waals surface area contributed by atoms with Gasteiger partial charge in [-0.15, -0.1) is 0 Å². The lowest BCUT2D eigenvalue weighted by atomic mass is 9.99. The van der Waals surface area contributed by atoms with E-state index in [9.17, 15) is 4.79 Å². The second kappa shape index (κ2) is 6.65.